The minimum absolute atomic E-state index is 0.0795. The summed E-state index contributed by atoms with van der Waals surface area (Å²) in [5.41, 5.74) is 0.197. The summed E-state index contributed by atoms with van der Waals surface area (Å²) < 4.78 is 31.1. The molecule has 0 aliphatic carbocycles. The van der Waals surface area contributed by atoms with Gasteiger partial charge < -0.3 is 9.63 Å². The number of benzene rings is 1. The molecule has 0 spiro atoms. The molecule has 1 heterocycles. The van der Waals surface area contributed by atoms with E-state index in [1.165, 1.54) is 0 Å². The first-order chi connectivity index (χ1) is 9.54. The zero-order valence-electron chi connectivity index (χ0n) is 10.5. The fourth-order valence-electron chi connectivity index (χ4n) is 1.71. The minimum atomic E-state index is -0.855. The van der Waals surface area contributed by atoms with Gasteiger partial charge in [0.15, 0.2) is 0 Å². The average molecular weight is 282 g/mol. The Kier molecular flexibility index (Phi) is 4.39. The van der Waals surface area contributed by atoms with Crippen LogP contribution in [0, 0.1) is 11.6 Å². The Labute approximate surface area is 113 Å². The average Bonchev–Trinajstić information content (AvgIpc) is 2.82. The molecule has 0 aliphatic heterocycles. The van der Waals surface area contributed by atoms with Gasteiger partial charge in [-0.3, -0.25) is 4.79 Å². The third-order valence-electron chi connectivity index (χ3n) is 2.62. The number of carboxylic acid groups (broad SMARTS) is 1. The summed E-state index contributed by atoms with van der Waals surface area (Å²) in [6.07, 6.45) is 1.60. The van der Waals surface area contributed by atoms with E-state index in [1.54, 1.807) is 0 Å². The Morgan fingerprint density at radius 2 is 1.90 bits per heavy atom. The Morgan fingerprint density at radius 3 is 2.55 bits per heavy atom. The van der Waals surface area contributed by atoms with Crippen molar-refractivity contribution in [1.29, 1.82) is 0 Å². The molecule has 0 radical (unpaired) electrons. The molecule has 0 atom stereocenters. The van der Waals surface area contributed by atoms with E-state index in [1.807, 2.05) is 0 Å². The van der Waals surface area contributed by atoms with Crippen molar-refractivity contribution in [2.24, 2.45) is 0 Å². The number of aryl methyl sites for hydroxylation is 1. The second kappa shape index (κ2) is 6.23. The van der Waals surface area contributed by atoms with Crippen LogP contribution >= 0.6 is 0 Å². The van der Waals surface area contributed by atoms with Crippen molar-refractivity contribution < 1.29 is 23.2 Å². The molecule has 0 fully saturated rings. The minimum Gasteiger partial charge on any atom is -0.481 e. The molecule has 2 aromatic rings. The van der Waals surface area contributed by atoms with Gasteiger partial charge in [0, 0.05) is 24.5 Å². The lowest BCUT2D eigenvalue weighted by Crippen LogP contribution is -1.95. The molecule has 0 unspecified atom stereocenters. The Bertz CT molecular complexity index is 593. The number of hydrogen-bond acceptors (Lipinski definition) is 4. The van der Waals surface area contributed by atoms with Gasteiger partial charge in [0.1, 0.15) is 11.6 Å². The van der Waals surface area contributed by atoms with Gasteiger partial charge in [-0.15, -0.1) is 0 Å². The summed E-state index contributed by atoms with van der Waals surface area (Å²) in [5.74, 6) is -1.86. The Balaban J connectivity index is 1.99. The molecule has 0 aliphatic rings. The van der Waals surface area contributed by atoms with Gasteiger partial charge in [0.05, 0.1) is 0 Å². The molecule has 2 rings (SSSR count). The zero-order valence-corrected chi connectivity index (χ0v) is 10.5. The van der Waals surface area contributed by atoms with E-state index < -0.39 is 17.6 Å². The summed E-state index contributed by atoms with van der Waals surface area (Å²) in [7, 11) is 0. The number of aromatic nitrogens is 2. The van der Waals surface area contributed by atoms with Crippen LogP contribution in [-0.4, -0.2) is 21.2 Å². The van der Waals surface area contributed by atoms with Crippen molar-refractivity contribution in [2.45, 2.75) is 25.7 Å². The maximum absolute atomic E-state index is 13.1. The number of unbranched alkanes of at least 4 members (excludes halogenated alkanes) is 1. The van der Waals surface area contributed by atoms with Crippen molar-refractivity contribution in [3.8, 4) is 11.4 Å². The zero-order chi connectivity index (χ0) is 14.5. The highest BCUT2D eigenvalue weighted by atomic mass is 19.1. The topological polar surface area (TPSA) is 76.2 Å². The number of halogens is 2. The molecular weight excluding hydrogens is 270 g/mol. The normalized spacial score (nSPS) is 10.7. The summed E-state index contributed by atoms with van der Waals surface area (Å²) in [5, 5.41) is 12.1. The number of rotatable bonds is 6. The van der Waals surface area contributed by atoms with E-state index in [-0.39, 0.29) is 17.8 Å². The van der Waals surface area contributed by atoms with Crippen molar-refractivity contribution in [3.63, 3.8) is 0 Å². The SMILES string of the molecule is O=C(O)CCCCc1nc(-c2cc(F)cc(F)c2)no1. The van der Waals surface area contributed by atoms with E-state index in [2.05, 4.69) is 10.1 Å². The molecule has 7 heteroatoms. The number of aliphatic carboxylic acids is 1. The highest BCUT2D eigenvalue weighted by Crippen LogP contribution is 2.19. The monoisotopic (exact) mass is 282 g/mol. The predicted molar refractivity (Wildman–Crippen MR) is 64.8 cm³/mol. The van der Waals surface area contributed by atoms with Gasteiger partial charge in [0.2, 0.25) is 11.7 Å². The largest absolute Gasteiger partial charge is 0.481 e. The second-order valence-corrected chi connectivity index (χ2v) is 4.27. The van der Waals surface area contributed by atoms with Crippen LogP contribution in [0.4, 0.5) is 8.78 Å². The second-order valence-electron chi connectivity index (χ2n) is 4.27. The maximum Gasteiger partial charge on any atom is 0.303 e. The molecule has 1 aromatic heterocycles. The molecule has 1 aromatic carbocycles. The first kappa shape index (κ1) is 14.1. The van der Waals surface area contributed by atoms with Gasteiger partial charge in [-0.1, -0.05) is 5.16 Å². The third kappa shape index (κ3) is 3.84. The fourth-order valence-corrected chi connectivity index (χ4v) is 1.71. The van der Waals surface area contributed by atoms with Crippen LogP contribution in [0.15, 0.2) is 22.7 Å². The van der Waals surface area contributed by atoms with E-state index in [4.69, 9.17) is 9.63 Å². The van der Waals surface area contributed by atoms with Crippen molar-refractivity contribution in [3.05, 3.63) is 35.7 Å². The van der Waals surface area contributed by atoms with E-state index >= 15 is 0 Å². The van der Waals surface area contributed by atoms with Crippen molar-refractivity contribution in [2.75, 3.05) is 0 Å². The molecule has 0 saturated heterocycles. The van der Waals surface area contributed by atoms with Crippen LogP contribution < -0.4 is 0 Å². The predicted octanol–water partition coefficient (Wildman–Crippen LogP) is 2.81. The lowest BCUT2D eigenvalue weighted by molar-refractivity contribution is -0.137. The van der Waals surface area contributed by atoms with Crippen LogP contribution in [0.3, 0.4) is 0 Å². The van der Waals surface area contributed by atoms with E-state index in [9.17, 15) is 13.6 Å². The van der Waals surface area contributed by atoms with Crippen LogP contribution in [-0.2, 0) is 11.2 Å². The molecule has 1 N–H and O–H groups in total. The molecule has 0 saturated carbocycles. The summed E-state index contributed by atoms with van der Waals surface area (Å²) in [6, 6.07) is 2.99. The van der Waals surface area contributed by atoms with Gasteiger partial charge in [-0.2, -0.15) is 4.98 Å². The molecular formula is C13H12F2N2O3. The van der Waals surface area contributed by atoms with Gasteiger partial charge in [-0.25, -0.2) is 8.78 Å². The highest BCUT2D eigenvalue weighted by molar-refractivity contribution is 5.66. The third-order valence-corrected chi connectivity index (χ3v) is 2.62. The van der Waals surface area contributed by atoms with Gasteiger partial charge in [0.25, 0.3) is 0 Å². The van der Waals surface area contributed by atoms with Crippen LogP contribution in [0.1, 0.15) is 25.2 Å². The van der Waals surface area contributed by atoms with Crippen LogP contribution in [0.25, 0.3) is 11.4 Å². The number of carbonyl (C=O) groups is 1. The molecule has 20 heavy (non-hydrogen) atoms. The Morgan fingerprint density at radius 1 is 1.20 bits per heavy atom. The van der Waals surface area contributed by atoms with Crippen molar-refractivity contribution in [1.82, 2.24) is 10.1 Å². The number of carboxylic acids is 1. The lowest BCUT2D eigenvalue weighted by Gasteiger charge is -1.95. The van der Waals surface area contributed by atoms with E-state index in [0.29, 0.717) is 25.2 Å². The van der Waals surface area contributed by atoms with E-state index in [0.717, 1.165) is 18.2 Å². The standard InChI is InChI=1S/C13H12F2N2O3/c14-9-5-8(6-10(15)7-9)13-16-11(20-17-13)3-1-2-4-12(18)19/h5-7H,1-4H2,(H,18,19). The summed E-state index contributed by atoms with van der Waals surface area (Å²) in [6.45, 7) is 0. The summed E-state index contributed by atoms with van der Waals surface area (Å²) >= 11 is 0. The number of hydrogen-bond donors (Lipinski definition) is 1. The summed E-state index contributed by atoms with van der Waals surface area (Å²) in [4.78, 5) is 14.4. The lowest BCUT2D eigenvalue weighted by atomic mass is 10.2. The molecule has 106 valence electrons. The quantitative estimate of drug-likeness (QED) is 0.824. The number of nitrogens with zero attached hydrogens (tertiary/aromatic N) is 2. The highest BCUT2D eigenvalue weighted by Gasteiger charge is 2.11. The molecule has 5 nitrogen and oxygen atoms in total. The molecule has 0 amide bonds. The van der Waals surface area contributed by atoms with Crippen LogP contribution in [0.2, 0.25) is 0 Å². The maximum atomic E-state index is 13.1. The van der Waals surface area contributed by atoms with Crippen LogP contribution in [0.5, 0.6) is 0 Å². The molecule has 0 bridgehead atoms. The van der Waals surface area contributed by atoms with Gasteiger partial charge in [-0.05, 0) is 25.0 Å². The Hall–Kier alpha value is -2.31. The van der Waals surface area contributed by atoms with Gasteiger partial charge >= 0.3 is 5.97 Å². The smallest absolute Gasteiger partial charge is 0.303 e. The first-order valence-electron chi connectivity index (χ1n) is 6.05. The fraction of sp³-hybridized carbons (Fsp3) is 0.308. The first-order valence-corrected chi connectivity index (χ1v) is 6.05. The van der Waals surface area contributed by atoms with Crippen molar-refractivity contribution >= 4 is 5.97 Å².